The van der Waals surface area contributed by atoms with Gasteiger partial charge in [-0.15, -0.1) is 0 Å². The number of carbonyl (C=O) groups excluding carboxylic acids is 1. The first kappa shape index (κ1) is 19.1. The van der Waals surface area contributed by atoms with Gasteiger partial charge in [-0.05, 0) is 18.2 Å². The monoisotopic (exact) mass is 371 g/mol. The molecule has 25 heavy (non-hydrogen) atoms. The predicted molar refractivity (Wildman–Crippen MR) is 89.8 cm³/mol. The van der Waals surface area contributed by atoms with Crippen molar-refractivity contribution >= 4 is 21.6 Å². The number of carbonyl (C=O) groups is 1. The Morgan fingerprint density at radius 3 is 2.44 bits per heavy atom. The predicted octanol–water partition coefficient (Wildman–Crippen LogP) is 2.59. The molecule has 1 aromatic heterocycles. The first-order chi connectivity index (χ1) is 11.7. The summed E-state index contributed by atoms with van der Waals surface area (Å²) in [5.41, 5.74) is -0.311. The highest BCUT2D eigenvalue weighted by Gasteiger charge is 2.25. The van der Waals surface area contributed by atoms with Gasteiger partial charge in [0.15, 0.2) is 0 Å². The minimum atomic E-state index is -3.73. The minimum absolute atomic E-state index is 0.00870. The summed E-state index contributed by atoms with van der Waals surface area (Å²) in [6.07, 6.45) is 1.31. The maximum atomic E-state index is 13.6. The Balaban J connectivity index is 2.34. The van der Waals surface area contributed by atoms with Crippen LogP contribution >= 0.6 is 0 Å². The molecule has 9 heteroatoms. The van der Waals surface area contributed by atoms with Crippen LogP contribution in [0.5, 0.6) is 0 Å². The van der Waals surface area contributed by atoms with E-state index >= 15 is 0 Å². The number of nitrogens with zero attached hydrogens (tertiary/aromatic N) is 2. The van der Waals surface area contributed by atoms with Crippen LogP contribution in [0.1, 0.15) is 24.3 Å². The van der Waals surface area contributed by atoms with Crippen molar-refractivity contribution in [3.05, 3.63) is 47.8 Å². The Morgan fingerprint density at radius 2 is 1.84 bits per heavy atom. The largest absolute Gasteiger partial charge is 0.345 e. The lowest BCUT2D eigenvalue weighted by Crippen LogP contribution is -2.30. The Labute approximate surface area is 145 Å². The standard InChI is InChI=1S/C16H19F2N3O3S/c1-4-21(5-2)25(23,24)12-9-15(20(3)10-12)16(22)19-14-8-11(17)6-7-13(14)18/h6-10H,4-5H2,1-3H3,(H,19,22). The number of anilines is 1. The third kappa shape index (κ3) is 3.88. The number of hydrogen-bond acceptors (Lipinski definition) is 3. The topological polar surface area (TPSA) is 71.4 Å². The van der Waals surface area contributed by atoms with Crippen LogP contribution in [0.15, 0.2) is 35.4 Å². The molecule has 136 valence electrons. The Hall–Kier alpha value is -2.26. The Kier molecular flexibility index (Phi) is 5.58. The van der Waals surface area contributed by atoms with E-state index in [9.17, 15) is 22.0 Å². The van der Waals surface area contributed by atoms with Crippen molar-refractivity contribution in [3.63, 3.8) is 0 Å². The number of hydrogen-bond donors (Lipinski definition) is 1. The normalized spacial score (nSPS) is 11.8. The second kappa shape index (κ2) is 7.32. The van der Waals surface area contributed by atoms with Gasteiger partial charge in [0.05, 0.1) is 5.69 Å². The lowest BCUT2D eigenvalue weighted by atomic mass is 10.3. The smallest absolute Gasteiger partial charge is 0.272 e. The molecule has 1 amide bonds. The highest BCUT2D eigenvalue weighted by atomic mass is 32.2. The van der Waals surface area contributed by atoms with Gasteiger partial charge in [0.25, 0.3) is 5.91 Å². The zero-order chi connectivity index (χ0) is 18.8. The molecule has 1 N–H and O–H groups in total. The second-order valence-electron chi connectivity index (χ2n) is 5.34. The van der Waals surface area contributed by atoms with E-state index in [2.05, 4.69) is 5.32 Å². The molecule has 0 spiro atoms. The molecule has 6 nitrogen and oxygen atoms in total. The fraction of sp³-hybridized carbons (Fsp3) is 0.312. The molecule has 1 heterocycles. The molecule has 0 saturated carbocycles. The highest BCUT2D eigenvalue weighted by Crippen LogP contribution is 2.21. The van der Waals surface area contributed by atoms with Crippen molar-refractivity contribution in [2.75, 3.05) is 18.4 Å². The SMILES string of the molecule is CCN(CC)S(=O)(=O)c1cc(C(=O)Nc2cc(F)ccc2F)n(C)c1. The first-order valence-corrected chi connectivity index (χ1v) is 9.07. The number of benzene rings is 1. The summed E-state index contributed by atoms with van der Waals surface area (Å²) in [7, 11) is -2.23. The quantitative estimate of drug-likeness (QED) is 0.848. The highest BCUT2D eigenvalue weighted by molar-refractivity contribution is 7.89. The van der Waals surface area contributed by atoms with Crippen LogP contribution < -0.4 is 5.32 Å². The molecular formula is C16H19F2N3O3S. The van der Waals surface area contributed by atoms with Crippen LogP contribution in [-0.2, 0) is 17.1 Å². The van der Waals surface area contributed by atoms with Crippen molar-refractivity contribution in [3.8, 4) is 0 Å². The van der Waals surface area contributed by atoms with Crippen LogP contribution in [-0.4, -0.2) is 36.3 Å². The summed E-state index contributed by atoms with van der Waals surface area (Å²) in [6, 6.07) is 3.89. The molecule has 0 saturated heterocycles. The zero-order valence-corrected chi connectivity index (χ0v) is 14.9. The average Bonchev–Trinajstić information content (AvgIpc) is 2.94. The maximum Gasteiger partial charge on any atom is 0.272 e. The van der Waals surface area contributed by atoms with Gasteiger partial charge >= 0.3 is 0 Å². The van der Waals surface area contributed by atoms with Gasteiger partial charge in [0.1, 0.15) is 22.2 Å². The summed E-state index contributed by atoms with van der Waals surface area (Å²) in [4.78, 5) is 12.3. The second-order valence-corrected chi connectivity index (χ2v) is 7.28. The third-order valence-corrected chi connectivity index (χ3v) is 5.75. The molecule has 0 aliphatic carbocycles. The van der Waals surface area contributed by atoms with E-state index in [1.807, 2.05) is 0 Å². The van der Waals surface area contributed by atoms with Crippen molar-refractivity contribution in [1.82, 2.24) is 8.87 Å². The van der Waals surface area contributed by atoms with Gasteiger partial charge in [-0.3, -0.25) is 4.79 Å². The van der Waals surface area contributed by atoms with Gasteiger partial charge in [-0.25, -0.2) is 17.2 Å². The minimum Gasteiger partial charge on any atom is -0.345 e. The number of halogens is 2. The number of rotatable bonds is 6. The van der Waals surface area contributed by atoms with Gasteiger partial charge in [-0.1, -0.05) is 13.8 Å². The molecule has 0 atom stereocenters. The number of aryl methyl sites for hydroxylation is 1. The summed E-state index contributed by atoms with van der Waals surface area (Å²) >= 11 is 0. The summed E-state index contributed by atoms with van der Waals surface area (Å²) in [5.74, 6) is -2.23. The number of sulfonamides is 1. The molecule has 2 rings (SSSR count). The van der Waals surface area contributed by atoms with E-state index in [0.717, 1.165) is 18.2 Å². The summed E-state index contributed by atoms with van der Waals surface area (Å²) < 4.78 is 54.5. The molecule has 0 fully saturated rings. The van der Waals surface area contributed by atoms with Crippen LogP contribution in [0.3, 0.4) is 0 Å². The van der Waals surface area contributed by atoms with Crippen molar-refractivity contribution < 1.29 is 22.0 Å². The fourth-order valence-corrected chi connectivity index (χ4v) is 3.92. The van der Waals surface area contributed by atoms with Crippen molar-refractivity contribution in [2.45, 2.75) is 18.7 Å². The molecule has 0 unspecified atom stereocenters. The number of aromatic nitrogens is 1. The Morgan fingerprint density at radius 1 is 1.20 bits per heavy atom. The summed E-state index contributed by atoms with van der Waals surface area (Å²) in [6.45, 7) is 4.02. The van der Waals surface area contributed by atoms with Gasteiger partial charge in [-0.2, -0.15) is 4.31 Å². The van der Waals surface area contributed by atoms with Gasteiger partial charge in [0.2, 0.25) is 10.0 Å². The molecule has 0 bridgehead atoms. The Bertz CT molecular complexity index is 890. The van der Waals surface area contributed by atoms with E-state index in [-0.39, 0.29) is 16.3 Å². The zero-order valence-electron chi connectivity index (χ0n) is 14.1. The molecule has 0 aliphatic heterocycles. The van der Waals surface area contributed by atoms with E-state index in [4.69, 9.17) is 0 Å². The van der Waals surface area contributed by atoms with Crippen LogP contribution in [0.25, 0.3) is 0 Å². The van der Waals surface area contributed by atoms with Crippen LogP contribution in [0.4, 0.5) is 14.5 Å². The summed E-state index contributed by atoms with van der Waals surface area (Å²) in [5, 5.41) is 2.25. The van der Waals surface area contributed by atoms with Gasteiger partial charge < -0.3 is 9.88 Å². The number of nitrogens with one attached hydrogen (secondary N) is 1. The van der Waals surface area contributed by atoms with Gasteiger partial charge in [0, 0.05) is 32.4 Å². The lowest BCUT2D eigenvalue weighted by Gasteiger charge is -2.17. The molecular weight excluding hydrogens is 352 g/mol. The molecule has 2 aromatic rings. The van der Waals surface area contributed by atoms with Crippen molar-refractivity contribution in [2.24, 2.45) is 7.05 Å². The average molecular weight is 371 g/mol. The van der Waals surface area contributed by atoms with Crippen molar-refractivity contribution in [1.29, 1.82) is 0 Å². The van der Waals surface area contributed by atoms with Crippen LogP contribution in [0, 0.1) is 11.6 Å². The third-order valence-electron chi connectivity index (χ3n) is 3.73. The molecule has 0 radical (unpaired) electrons. The van der Waals surface area contributed by atoms with E-state index in [1.54, 1.807) is 13.8 Å². The molecule has 0 aliphatic rings. The maximum absolute atomic E-state index is 13.6. The van der Waals surface area contributed by atoms with Crippen LogP contribution in [0.2, 0.25) is 0 Å². The first-order valence-electron chi connectivity index (χ1n) is 7.63. The molecule has 1 aromatic carbocycles. The van der Waals surface area contributed by atoms with E-state index in [0.29, 0.717) is 13.1 Å². The fourth-order valence-electron chi connectivity index (χ4n) is 2.39. The van der Waals surface area contributed by atoms with E-state index in [1.165, 1.54) is 28.2 Å². The number of amides is 1. The lowest BCUT2D eigenvalue weighted by molar-refractivity contribution is 0.101. The van der Waals surface area contributed by atoms with E-state index < -0.39 is 27.6 Å².